The van der Waals surface area contributed by atoms with Crippen molar-refractivity contribution in [2.75, 3.05) is 7.11 Å². The Morgan fingerprint density at radius 3 is 2.40 bits per heavy atom. The molecule has 20 heavy (non-hydrogen) atoms. The van der Waals surface area contributed by atoms with E-state index in [2.05, 4.69) is 15.9 Å². The highest BCUT2D eigenvalue weighted by atomic mass is 79.9. The summed E-state index contributed by atoms with van der Waals surface area (Å²) in [4.78, 5) is 0. The summed E-state index contributed by atoms with van der Waals surface area (Å²) in [7, 11) is 1.56. The molecule has 2 rings (SSSR count). The number of hydrogen-bond donors (Lipinski definition) is 1. The van der Waals surface area contributed by atoms with E-state index in [4.69, 9.17) is 4.74 Å². The molecule has 2 nitrogen and oxygen atoms in total. The van der Waals surface area contributed by atoms with E-state index in [0.29, 0.717) is 5.75 Å². The molecular formula is C15H13BrF2O2. The normalized spacial score (nSPS) is 12.2. The second kappa shape index (κ2) is 6.33. The Morgan fingerprint density at radius 2 is 1.80 bits per heavy atom. The van der Waals surface area contributed by atoms with Crippen molar-refractivity contribution in [1.29, 1.82) is 0 Å². The molecule has 1 unspecified atom stereocenters. The van der Waals surface area contributed by atoms with Crippen molar-refractivity contribution in [3.63, 3.8) is 0 Å². The number of ether oxygens (including phenoxy) is 1. The molecule has 0 saturated carbocycles. The van der Waals surface area contributed by atoms with Crippen LogP contribution in [0.15, 0.2) is 40.9 Å². The van der Waals surface area contributed by atoms with Gasteiger partial charge in [-0.3, -0.25) is 0 Å². The highest BCUT2D eigenvalue weighted by Crippen LogP contribution is 2.27. The van der Waals surface area contributed by atoms with Crippen LogP contribution in [0.4, 0.5) is 8.78 Å². The van der Waals surface area contributed by atoms with Crippen molar-refractivity contribution in [1.82, 2.24) is 0 Å². The molecule has 1 N–H and O–H groups in total. The number of aliphatic hydroxyl groups is 1. The average Bonchev–Trinajstić information content (AvgIpc) is 2.43. The summed E-state index contributed by atoms with van der Waals surface area (Å²) in [6, 6.07) is 9.13. The van der Waals surface area contributed by atoms with E-state index in [0.717, 1.165) is 11.6 Å². The van der Waals surface area contributed by atoms with Gasteiger partial charge in [0, 0.05) is 18.1 Å². The molecule has 0 saturated heterocycles. The number of methoxy groups -OCH3 is 1. The average molecular weight is 343 g/mol. The predicted molar refractivity (Wildman–Crippen MR) is 75.7 cm³/mol. The Balaban J connectivity index is 2.18. The fraction of sp³-hybridized carbons (Fsp3) is 0.200. The van der Waals surface area contributed by atoms with Crippen LogP contribution in [0, 0.1) is 11.6 Å². The van der Waals surface area contributed by atoms with Crippen LogP contribution in [-0.4, -0.2) is 12.2 Å². The highest BCUT2D eigenvalue weighted by Gasteiger charge is 2.16. The second-order valence-corrected chi connectivity index (χ2v) is 5.21. The monoisotopic (exact) mass is 342 g/mol. The number of rotatable bonds is 4. The first-order chi connectivity index (χ1) is 9.51. The maximum atomic E-state index is 13.7. The maximum Gasteiger partial charge on any atom is 0.140 e. The molecule has 0 aliphatic heterocycles. The summed E-state index contributed by atoms with van der Waals surface area (Å²) in [6.45, 7) is 0. The zero-order valence-corrected chi connectivity index (χ0v) is 12.3. The molecular weight excluding hydrogens is 330 g/mol. The molecule has 0 amide bonds. The summed E-state index contributed by atoms with van der Waals surface area (Å²) in [5.41, 5.74) is 0.896. The lowest BCUT2D eigenvalue weighted by molar-refractivity contribution is 0.173. The van der Waals surface area contributed by atoms with E-state index < -0.39 is 17.7 Å². The van der Waals surface area contributed by atoms with Gasteiger partial charge in [0.15, 0.2) is 0 Å². The van der Waals surface area contributed by atoms with Crippen LogP contribution in [0.3, 0.4) is 0 Å². The van der Waals surface area contributed by atoms with Gasteiger partial charge in [0.05, 0.1) is 17.7 Å². The van der Waals surface area contributed by atoms with Crippen LogP contribution in [0.25, 0.3) is 0 Å². The molecule has 1 atom stereocenters. The zero-order chi connectivity index (χ0) is 14.7. The van der Waals surface area contributed by atoms with Crippen molar-refractivity contribution in [2.24, 2.45) is 0 Å². The largest absolute Gasteiger partial charge is 0.497 e. The van der Waals surface area contributed by atoms with Gasteiger partial charge < -0.3 is 9.84 Å². The van der Waals surface area contributed by atoms with Gasteiger partial charge in [-0.2, -0.15) is 0 Å². The molecule has 0 bridgehead atoms. The van der Waals surface area contributed by atoms with Crippen LogP contribution in [0.2, 0.25) is 0 Å². The minimum absolute atomic E-state index is 0.0640. The quantitative estimate of drug-likeness (QED) is 0.850. The topological polar surface area (TPSA) is 29.5 Å². The second-order valence-electron chi connectivity index (χ2n) is 4.36. The smallest absolute Gasteiger partial charge is 0.140 e. The zero-order valence-electron chi connectivity index (χ0n) is 10.7. The van der Waals surface area contributed by atoms with Crippen molar-refractivity contribution in [3.05, 3.63) is 63.6 Å². The molecule has 5 heteroatoms. The Bertz CT molecular complexity index is 600. The van der Waals surface area contributed by atoms with Gasteiger partial charge in [0.1, 0.15) is 17.4 Å². The Kier molecular flexibility index (Phi) is 4.73. The first-order valence-corrected chi connectivity index (χ1v) is 6.76. The van der Waals surface area contributed by atoms with Gasteiger partial charge >= 0.3 is 0 Å². The lowest BCUT2D eigenvalue weighted by atomic mass is 10.0. The van der Waals surface area contributed by atoms with Gasteiger partial charge in [-0.15, -0.1) is 0 Å². The van der Waals surface area contributed by atoms with Crippen LogP contribution in [0.5, 0.6) is 5.75 Å². The van der Waals surface area contributed by atoms with Crippen LogP contribution in [-0.2, 0) is 6.42 Å². The van der Waals surface area contributed by atoms with E-state index in [-0.39, 0.29) is 16.5 Å². The fourth-order valence-electron chi connectivity index (χ4n) is 1.89. The van der Waals surface area contributed by atoms with Gasteiger partial charge in [-0.05, 0) is 39.7 Å². The van der Waals surface area contributed by atoms with Crippen molar-refractivity contribution in [3.8, 4) is 5.75 Å². The first-order valence-electron chi connectivity index (χ1n) is 5.96. The summed E-state index contributed by atoms with van der Waals surface area (Å²) >= 11 is 2.98. The molecule has 0 aliphatic carbocycles. The van der Waals surface area contributed by atoms with E-state index in [1.807, 2.05) is 0 Å². The SMILES string of the molecule is COc1ccc(CC(O)c2cc(Br)c(F)cc2F)cc1. The standard InChI is InChI=1S/C15H13BrF2O2/c1-20-10-4-2-9(3-5-10)6-15(19)11-7-12(16)14(18)8-13(11)17/h2-5,7-8,15,19H,6H2,1H3. The molecule has 0 heterocycles. The van der Waals surface area contributed by atoms with Crippen LogP contribution in [0.1, 0.15) is 17.2 Å². The molecule has 0 aliphatic rings. The number of hydrogen-bond acceptors (Lipinski definition) is 2. The maximum absolute atomic E-state index is 13.7. The third-order valence-corrected chi connectivity index (χ3v) is 3.59. The Morgan fingerprint density at radius 1 is 1.15 bits per heavy atom. The minimum Gasteiger partial charge on any atom is -0.497 e. The van der Waals surface area contributed by atoms with Crippen molar-refractivity contribution >= 4 is 15.9 Å². The molecule has 0 radical (unpaired) electrons. The van der Waals surface area contributed by atoms with Gasteiger partial charge in [0.25, 0.3) is 0 Å². The van der Waals surface area contributed by atoms with E-state index >= 15 is 0 Å². The van der Waals surface area contributed by atoms with E-state index in [1.165, 1.54) is 6.07 Å². The highest BCUT2D eigenvalue weighted by molar-refractivity contribution is 9.10. The predicted octanol–water partition coefficient (Wildman–Crippen LogP) is 4.01. The van der Waals surface area contributed by atoms with Crippen molar-refractivity contribution in [2.45, 2.75) is 12.5 Å². The van der Waals surface area contributed by atoms with E-state index in [1.54, 1.807) is 31.4 Å². The molecule has 106 valence electrons. The van der Waals surface area contributed by atoms with Gasteiger partial charge in [-0.25, -0.2) is 8.78 Å². The summed E-state index contributed by atoms with van der Waals surface area (Å²) in [6.07, 6.45) is -0.806. The summed E-state index contributed by atoms with van der Waals surface area (Å²) < 4.78 is 32.0. The van der Waals surface area contributed by atoms with Gasteiger partial charge in [0.2, 0.25) is 0 Å². The Labute approximate surface area is 124 Å². The van der Waals surface area contributed by atoms with Crippen LogP contribution < -0.4 is 4.74 Å². The molecule has 0 spiro atoms. The molecule has 0 aromatic heterocycles. The summed E-state index contributed by atoms with van der Waals surface area (Å²) in [5, 5.41) is 10.1. The molecule has 2 aromatic rings. The fourth-order valence-corrected chi connectivity index (χ4v) is 2.25. The van der Waals surface area contributed by atoms with Gasteiger partial charge in [-0.1, -0.05) is 12.1 Å². The van der Waals surface area contributed by atoms with Crippen LogP contribution >= 0.6 is 15.9 Å². The number of benzene rings is 2. The number of aliphatic hydroxyl groups excluding tert-OH is 1. The minimum atomic E-state index is -1.04. The third kappa shape index (κ3) is 3.35. The molecule has 2 aromatic carbocycles. The molecule has 0 fully saturated rings. The Hall–Kier alpha value is -1.46. The lowest BCUT2D eigenvalue weighted by Gasteiger charge is -2.13. The third-order valence-electron chi connectivity index (χ3n) is 2.99. The van der Waals surface area contributed by atoms with E-state index in [9.17, 15) is 13.9 Å². The lowest BCUT2D eigenvalue weighted by Crippen LogP contribution is -2.05. The van der Waals surface area contributed by atoms with Crippen molar-refractivity contribution < 1.29 is 18.6 Å². The summed E-state index contributed by atoms with van der Waals surface area (Å²) in [5.74, 6) is -0.742. The number of halogens is 3. The first kappa shape index (κ1) is 14.9.